The summed E-state index contributed by atoms with van der Waals surface area (Å²) in [5.41, 5.74) is 2.24. The Bertz CT molecular complexity index is 409. The Balaban J connectivity index is 0.000000861. The summed E-state index contributed by atoms with van der Waals surface area (Å²) in [4.78, 5) is 11.1. The van der Waals surface area contributed by atoms with Gasteiger partial charge in [-0.3, -0.25) is 4.79 Å². The van der Waals surface area contributed by atoms with Gasteiger partial charge in [-0.15, -0.1) is 0 Å². The SMILES string of the molecule is CC.Cc1ccccc1C1(CC(=O)O)CCNCC1. The van der Waals surface area contributed by atoms with Crippen LogP contribution in [-0.2, 0) is 10.2 Å². The van der Waals surface area contributed by atoms with Crippen LogP contribution in [0.1, 0.15) is 44.2 Å². The Hall–Kier alpha value is -1.35. The van der Waals surface area contributed by atoms with Crippen molar-refractivity contribution in [2.24, 2.45) is 0 Å². The van der Waals surface area contributed by atoms with Gasteiger partial charge in [0.1, 0.15) is 0 Å². The van der Waals surface area contributed by atoms with Gasteiger partial charge in [0, 0.05) is 5.41 Å². The highest BCUT2D eigenvalue weighted by atomic mass is 16.4. The number of rotatable bonds is 3. The summed E-state index contributed by atoms with van der Waals surface area (Å²) in [6, 6.07) is 8.17. The molecule has 1 fully saturated rings. The number of aliphatic carboxylic acids is 1. The van der Waals surface area contributed by atoms with E-state index in [1.54, 1.807) is 0 Å². The van der Waals surface area contributed by atoms with Crippen molar-refractivity contribution in [2.45, 2.75) is 45.4 Å². The fraction of sp³-hybridized carbons (Fsp3) is 0.562. The maximum absolute atomic E-state index is 11.1. The van der Waals surface area contributed by atoms with E-state index in [1.165, 1.54) is 11.1 Å². The third kappa shape index (κ3) is 3.80. The molecule has 0 radical (unpaired) electrons. The Morgan fingerprint density at radius 1 is 1.26 bits per heavy atom. The van der Waals surface area contributed by atoms with Crippen molar-refractivity contribution in [1.29, 1.82) is 0 Å². The highest BCUT2D eigenvalue weighted by Crippen LogP contribution is 2.38. The molecule has 0 unspecified atom stereocenters. The minimum atomic E-state index is -0.699. The van der Waals surface area contributed by atoms with Crippen molar-refractivity contribution >= 4 is 5.97 Å². The van der Waals surface area contributed by atoms with Crippen LogP contribution in [0.5, 0.6) is 0 Å². The number of piperidine rings is 1. The minimum Gasteiger partial charge on any atom is -0.481 e. The van der Waals surface area contributed by atoms with Gasteiger partial charge in [-0.05, 0) is 44.0 Å². The number of carboxylic acids is 1. The van der Waals surface area contributed by atoms with Gasteiger partial charge in [-0.2, -0.15) is 0 Å². The summed E-state index contributed by atoms with van der Waals surface area (Å²) in [6.45, 7) is 7.88. The highest BCUT2D eigenvalue weighted by Gasteiger charge is 2.36. The maximum atomic E-state index is 11.1. The van der Waals surface area contributed by atoms with Crippen LogP contribution in [0.4, 0.5) is 0 Å². The summed E-state index contributed by atoms with van der Waals surface area (Å²) in [5.74, 6) is -0.699. The van der Waals surface area contributed by atoms with E-state index in [0.29, 0.717) is 0 Å². The molecule has 1 aromatic carbocycles. The lowest BCUT2D eigenvalue weighted by atomic mass is 9.69. The van der Waals surface area contributed by atoms with E-state index in [4.69, 9.17) is 5.11 Å². The van der Waals surface area contributed by atoms with E-state index in [2.05, 4.69) is 24.4 Å². The Morgan fingerprint density at radius 3 is 2.37 bits per heavy atom. The molecule has 0 spiro atoms. The third-order valence-electron chi connectivity index (χ3n) is 3.77. The predicted molar refractivity (Wildman–Crippen MR) is 78.6 cm³/mol. The molecule has 19 heavy (non-hydrogen) atoms. The standard InChI is InChI=1S/C14H19NO2.C2H6/c1-11-4-2-3-5-12(11)14(10-13(16)17)6-8-15-9-7-14;1-2/h2-5,15H,6-10H2,1H3,(H,16,17);1-2H3. The summed E-state index contributed by atoms with van der Waals surface area (Å²) in [5, 5.41) is 12.5. The first-order valence-electron chi connectivity index (χ1n) is 7.13. The summed E-state index contributed by atoms with van der Waals surface area (Å²) < 4.78 is 0. The second-order valence-electron chi connectivity index (χ2n) is 4.92. The molecule has 1 heterocycles. The average molecular weight is 263 g/mol. The van der Waals surface area contributed by atoms with Crippen LogP contribution in [-0.4, -0.2) is 24.2 Å². The molecule has 0 aromatic heterocycles. The van der Waals surface area contributed by atoms with Gasteiger partial charge in [0.05, 0.1) is 6.42 Å². The molecule has 2 rings (SSSR count). The minimum absolute atomic E-state index is 0.178. The molecular weight excluding hydrogens is 238 g/mol. The van der Waals surface area contributed by atoms with Gasteiger partial charge in [-0.25, -0.2) is 0 Å². The molecule has 106 valence electrons. The number of hydrogen-bond acceptors (Lipinski definition) is 2. The van der Waals surface area contributed by atoms with Crippen molar-refractivity contribution < 1.29 is 9.90 Å². The predicted octanol–water partition coefficient (Wildman–Crippen LogP) is 3.12. The number of aryl methyl sites for hydroxylation is 1. The lowest BCUT2D eigenvalue weighted by Crippen LogP contribution is -2.41. The third-order valence-corrected chi connectivity index (χ3v) is 3.77. The zero-order valence-electron chi connectivity index (χ0n) is 12.2. The molecular formula is C16H25NO2. The Kier molecular flexibility index (Phi) is 6.03. The van der Waals surface area contributed by atoms with Crippen molar-refractivity contribution in [3.63, 3.8) is 0 Å². The summed E-state index contributed by atoms with van der Waals surface area (Å²) >= 11 is 0. The van der Waals surface area contributed by atoms with Gasteiger partial charge in [0.2, 0.25) is 0 Å². The molecule has 0 aliphatic carbocycles. The van der Waals surface area contributed by atoms with E-state index in [-0.39, 0.29) is 11.8 Å². The monoisotopic (exact) mass is 263 g/mol. The quantitative estimate of drug-likeness (QED) is 0.881. The highest BCUT2D eigenvalue weighted by molar-refractivity contribution is 5.69. The van der Waals surface area contributed by atoms with E-state index >= 15 is 0 Å². The first-order chi connectivity index (χ1) is 9.14. The smallest absolute Gasteiger partial charge is 0.304 e. The summed E-state index contributed by atoms with van der Waals surface area (Å²) in [7, 11) is 0. The molecule has 3 nitrogen and oxygen atoms in total. The van der Waals surface area contributed by atoms with Crippen LogP contribution in [0, 0.1) is 6.92 Å². The molecule has 1 aliphatic heterocycles. The number of hydrogen-bond donors (Lipinski definition) is 2. The van der Waals surface area contributed by atoms with Gasteiger partial charge >= 0.3 is 5.97 Å². The number of nitrogens with one attached hydrogen (secondary N) is 1. The van der Waals surface area contributed by atoms with Gasteiger partial charge < -0.3 is 10.4 Å². The van der Waals surface area contributed by atoms with E-state index in [1.807, 2.05) is 26.0 Å². The fourth-order valence-corrected chi connectivity index (χ4v) is 2.90. The molecule has 0 saturated carbocycles. The summed E-state index contributed by atoms with van der Waals surface area (Å²) in [6.07, 6.45) is 2.05. The zero-order valence-corrected chi connectivity index (χ0v) is 12.2. The van der Waals surface area contributed by atoms with Crippen molar-refractivity contribution in [3.05, 3.63) is 35.4 Å². The zero-order chi connectivity index (χ0) is 14.3. The van der Waals surface area contributed by atoms with Gasteiger partial charge in [-0.1, -0.05) is 38.1 Å². The second-order valence-corrected chi connectivity index (χ2v) is 4.92. The molecule has 1 saturated heterocycles. The van der Waals surface area contributed by atoms with Crippen LogP contribution >= 0.6 is 0 Å². The van der Waals surface area contributed by atoms with E-state index in [9.17, 15) is 4.79 Å². The number of carbonyl (C=O) groups is 1. The molecule has 0 atom stereocenters. The van der Waals surface area contributed by atoms with Crippen LogP contribution < -0.4 is 5.32 Å². The maximum Gasteiger partial charge on any atom is 0.304 e. The van der Waals surface area contributed by atoms with Crippen LogP contribution in [0.3, 0.4) is 0 Å². The molecule has 0 bridgehead atoms. The van der Waals surface area contributed by atoms with Crippen molar-refractivity contribution in [1.82, 2.24) is 5.32 Å². The van der Waals surface area contributed by atoms with E-state index < -0.39 is 5.97 Å². The van der Waals surface area contributed by atoms with Gasteiger partial charge in [0.25, 0.3) is 0 Å². The van der Waals surface area contributed by atoms with Gasteiger partial charge in [0.15, 0.2) is 0 Å². The van der Waals surface area contributed by atoms with Crippen molar-refractivity contribution in [2.75, 3.05) is 13.1 Å². The fourth-order valence-electron chi connectivity index (χ4n) is 2.90. The second kappa shape index (κ2) is 7.29. The van der Waals surface area contributed by atoms with E-state index in [0.717, 1.165) is 25.9 Å². The largest absolute Gasteiger partial charge is 0.481 e. The molecule has 1 aromatic rings. The van der Waals surface area contributed by atoms with Crippen LogP contribution in [0.15, 0.2) is 24.3 Å². The number of carboxylic acid groups (broad SMARTS) is 1. The molecule has 3 heteroatoms. The Morgan fingerprint density at radius 2 is 1.84 bits per heavy atom. The molecule has 2 N–H and O–H groups in total. The topological polar surface area (TPSA) is 49.3 Å². The first kappa shape index (κ1) is 15.7. The average Bonchev–Trinajstić information content (AvgIpc) is 2.41. The Labute approximate surface area is 116 Å². The van der Waals surface area contributed by atoms with Crippen LogP contribution in [0.2, 0.25) is 0 Å². The molecule has 0 amide bonds. The lowest BCUT2D eigenvalue weighted by Gasteiger charge is -2.38. The van der Waals surface area contributed by atoms with Crippen molar-refractivity contribution in [3.8, 4) is 0 Å². The first-order valence-corrected chi connectivity index (χ1v) is 7.13. The molecule has 1 aliphatic rings. The van der Waals surface area contributed by atoms with Crippen LogP contribution in [0.25, 0.3) is 0 Å². The lowest BCUT2D eigenvalue weighted by molar-refractivity contribution is -0.138. The number of benzene rings is 1. The normalized spacial score (nSPS) is 17.2.